The molecule has 0 bridgehead atoms. The summed E-state index contributed by atoms with van der Waals surface area (Å²) in [6.45, 7) is 10.1. The van der Waals surface area contributed by atoms with Crippen molar-refractivity contribution in [3.63, 3.8) is 0 Å². The van der Waals surface area contributed by atoms with Crippen LogP contribution in [0.4, 0.5) is 5.82 Å². The van der Waals surface area contributed by atoms with Crippen molar-refractivity contribution in [3.8, 4) is 0 Å². The summed E-state index contributed by atoms with van der Waals surface area (Å²) in [5.41, 5.74) is 2.53. The summed E-state index contributed by atoms with van der Waals surface area (Å²) in [4.78, 5) is 18.4. The summed E-state index contributed by atoms with van der Waals surface area (Å²) in [7, 11) is 0. The molecule has 2 unspecified atom stereocenters. The fourth-order valence-electron chi connectivity index (χ4n) is 4.62. The first-order valence-electron chi connectivity index (χ1n) is 9.97. The molecule has 2 aliphatic heterocycles. The van der Waals surface area contributed by atoms with Gasteiger partial charge in [0, 0.05) is 56.7 Å². The third-order valence-corrected chi connectivity index (χ3v) is 6.22. The first-order chi connectivity index (χ1) is 12.7. The van der Waals surface area contributed by atoms with Crippen LogP contribution in [0, 0.1) is 11.8 Å². The molecule has 1 aliphatic carbocycles. The molecule has 2 aromatic rings. The quantitative estimate of drug-likeness (QED) is 0.828. The summed E-state index contributed by atoms with van der Waals surface area (Å²) < 4.78 is 2.40. The van der Waals surface area contributed by atoms with E-state index >= 15 is 0 Å². The fraction of sp³-hybridized carbons (Fsp3) is 0.650. The molecule has 4 heterocycles. The average Bonchev–Trinajstić information content (AvgIpc) is 3.06. The Kier molecular flexibility index (Phi) is 3.96. The van der Waals surface area contributed by atoms with Gasteiger partial charge in [-0.05, 0) is 30.6 Å². The number of hydrogen-bond donors (Lipinski definition) is 0. The predicted molar refractivity (Wildman–Crippen MR) is 101 cm³/mol. The second-order valence-corrected chi connectivity index (χ2v) is 8.60. The van der Waals surface area contributed by atoms with E-state index in [0.29, 0.717) is 5.92 Å². The van der Waals surface area contributed by atoms with Crippen LogP contribution < -0.4 is 4.90 Å². The maximum absolute atomic E-state index is 4.54. The van der Waals surface area contributed by atoms with Gasteiger partial charge in [0.15, 0.2) is 0 Å². The molecule has 3 aliphatic rings. The smallest absolute Gasteiger partial charge is 0.132 e. The van der Waals surface area contributed by atoms with Gasteiger partial charge >= 0.3 is 0 Å². The Labute approximate surface area is 155 Å². The van der Waals surface area contributed by atoms with Crippen molar-refractivity contribution >= 4 is 5.82 Å². The van der Waals surface area contributed by atoms with E-state index in [0.717, 1.165) is 49.0 Å². The lowest BCUT2D eigenvalue weighted by atomic mass is 10.0. The normalized spacial score (nSPS) is 26.0. The van der Waals surface area contributed by atoms with Gasteiger partial charge in [-0.3, -0.25) is 4.90 Å². The van der Waals surface area contributed by atoms with Gasteiger partial charge in [0.25, 0.3) is 0 Å². The molecule has 138 valence electrons. The summed E-state index contributed by atoms with van der Waals surface area (Å²) in [5, 5.41) is 0. The minimum atomic E-state index is 0.450. The first kappa shape index (κ1) is 16.2. The van der Waals surface area contributed by atoms with E-state index in [1.807, 2.05) is 6.33 Å². The Morgan fingerprint density at radius 1 is 1.08 bits per heavy atom. The van der Waals surface area contributed by atoms with E-state index in [1.54, 1.807) is 6.33 Å². The monoisotopic (exact) mass is 352 g/mol. The second-order valence-electron chi connectivity index (χ2n) is 8.60. The highest BCUT2D eigenvalue weighted by Crippen LogP contribution is 2.37. The minimum Gasteiger partial charge on any atom is -0.356 e. The Morgan fingerprint density at radius 3 is 2.54 bits per heavy atom. The summed E-state index contributed by atoms with van der Waals surface area (Å²) >= 11 is 0. The number of rotatable bonds is 5. The Morgan fingerprint density at radius 2 is 1.85 bits per heavy atom. The third-order valence-electron chi connectivity index (χ3n) is 6.22. The maximum Gasteiger partial charge on any atom is 0.132 e. The van der Waals surface area contributed by atoms with Crippen molar-refractivity contribution in [2.24, 2.45) is 11.8 Å². The van der Waals surface area contributed by atoms with Crippen LogP contribution in [0.25, 0.3) is 0 Å². The van der Waals surface area contributed by atoms with E-state index < -0.39 is 0 Å². The molecule has 0 N–H and O–H groups in total. The summed E-state index contributed by atoms with van der Waals surface area (Å²) in [6, 6.07) is 2.90. The van der Waals surface area contributed by atoms with Crippen molar-refractivity contribution in [2.75, 3.05) is 31.1 Å². The van der Waals surface area contributed by atoms with Crippen molar-refractivity contribution in [3.05, 3.63) is 36.3 Å². The highest BCUT2D eigenvalue weighted by atomic mass is 15.3. The van der Waals surface area contributed by atoms with Gasteiger partial charge in [0.2, 0.25) is 0 Å². The van der Waals surface area contributed by atoms with Crippen molar-refractivity contribution in [2.45, 2.75) is 45.2 Å². The van der Waals surface area contributed by atoms with Crippen LogP contribution in [-0.4, -0.2) is 50.6 Å². The molecule has 2 atom stereocenters. The molecule has 2 aromatic heterocycles. The Balaban J connectivity index is 1.22. The number of aromatic nitrogens is 4. The molecule has 0 spiro atoms. The van der Waals surface area contributed by atoms with Gasteiger partial charge in [0.05, 0.1) is 12.0 Å². The number of hydrogen-bond acceptors (Lipinski definition) is 5. The van der Waals surface area contributed by atoms with E-state index in [-0.39, 0.29) is 0 Å². The molecular weight excluding hydrogens is 324 g/mol. The molecule has 6 nitrogen and oxygen atoms in total. The lowest BCUT2D eigenvalue weighted by Crippen LogP contribution is -2.29. The van der Waals surface area contributed by atoms with Crippen LogP contribution in [0.15, 0.2) is 24.9 Å². The minimum absolute atomic E-state index is 0.450. The molecule has 0 aromatic carbocycles. The zero-order valence-corrected chi connectivity index (χ0v) is 15.8. The Bertz CT molecular complexity index is 766. The van der Waals surface area contributed by atoms with Gasteiger partial charge in [-0.25, -0.2) is 15.0 Å². The molecule has 26 heavy (non-hydrogen) atoms. The SMILES string of the molecule is CC(C)c1cc(N2CC3CN(Cc4cncn4C4CC4)CC3C2)ncn1. The molecular formula is C20H28N6. The number of likely N-dealkylation sites (tertiary alicyclic amines) is 1. The molecule has 5 rings (SSSR count). The first-order valence-corrected chi connectivity index (χ1v) is 9.97. The zero-order valence-electron chi connectivity index (χ0n) is 15.8. The molecule has 6 heteroatoms. The summed E-state index contributed by atoms with van der Waals surface area (Å²) in [5.74, 6) is 3.07. The predicted octanol–water partition coefficient (Wildman–Crippen LogP) is 2.70. The molecule has 0 amide bonds. The van der Waals surface area contributed by atoms with Gasteiger partial charge < -0.3 is 9.47 Å². The molecule has 2 saturated heterocycles. The fourth-order valence-corrected chi connectivity index (χ4v) is 4.62. The van der Waals surface area contributed by atoms with Crippen LogP contribution in [-0.2, 0) is 6.54 Å². The lowest BCUT2D eigenvalue weighted by molar-refractivity contribution is 0.300. The van der Waals surface area contributed by atoms with Gasteiger partial charge in [-0.2, -0.15) is 0 Å². The van der Waals surface area contributed by atoms with Crippen molar-refractivity contribution in [1.29, 1.82) is 0 Å². The number of fused-ring (bicyclic) bond motifs is 1. The lowest BCUT2D eigenvalue weighted by Gasteiger charge is -2.23. The average molecular weight is 352 g/mol. The second kappa shape index (κ2) is 6.34. The number of nitrogens with zero attached hydrogens (tertiary/aromatic N) is 6. The Hall–Kier alpha value is -1.95. The van der Waals surface area contributed by atoms with Crippen LogP contribution >= 0.6 is 0 Å². The largest absolute Gasteiger partial charge is 0.356 e. The van der Waals surface area contributed by atoms with E-state index in [2.05, 4.69) is 55.4 Å². The topological polar surface area (TPSA) is 50.1 Å². The zero-order chi connectivity index (χ0) is 17.7. The molecule has 3 fully saturated rings. The maximum atomic E-state index is 4.54. The van der Waals surface area contributed by atoms with Gasteiger partial charge in [0.1, 0.15) is 12.1 Å². The van der Waals surface area contributed by atoms with Crippen molar-refractivity contribution in [1.82, 2.24) is 24.4 Å². The van der Waals surface area contributed by atoms with Gasteiger partial charge in [-0.1, -0.05) is 13.8 Å². The molecule has 1 saturated carbocycles. The number of anilines is 1. The van der Waals surface area contributed by atoms with Crippen LogP contribution in [0.2, 0.25) is 0 Å². The molecule has 0 radical (unpaired) electrons. The number of imidazole rings is 1. The summed E-state index contributed by atoms with van der Waals surface area (Å²) in [6.07, 6.45) is 8.45. The van der Waals surface area contributed by atoms with E-state index in [1.165, 1.54) is 31.6 Å². The van der Waals surface area contributed by atoms with Crippen LogP contribution in [0.3, 0.4) is 0 Å². The van der Waals surface area contributed by atoms with Crippen molar-refractivity contribution < 1.29 is 0 Å². The third kappa shape index (κ3) is 3.00. The highest BCUT2D eigenvalue weighted by molar-refractivity contribution is 5.41. The highest BCUT2D eigenvalue weighted by Gasteiger charge is 2.40. The van der Waals surface area contributed by atoms with E-state index in [9.17, 15) is 0 Å². The van der Waals surface area contributed by atoms with E-state index in [4.69, 9.17) is 0 Å². The van der Waals surface area contributed by atoms with Crippen LogP contribution in [0.1, 0.15) is 50.0 Å². The van der Waals surface area contributed by atoms with Crippen LogP contribution in [0.5, 0.6) is 0 Å². The van der Waals surface area contributed by atoms with Gasteiger partial charge in [-0.15, -0.1) is 0 Å². The standard InChI is InChI=1S/C20H28N6/c1-14(2)19-5-20(23-12-22-19)25-9-15-7-24(8-16(15)10-25)11-18-6-21-13-26(18)17-3-4-17/h5-6,12-17H,3-4,7-11H2,1-2H3.